The van der Waals surface area contributed by atoms with E-state index in [-0.39, 0.29) is 0 Å². The molecule has 0 N–H and O–H groups in total. The second-order valence-electron chi connectivity index (χ2n) is 35.9. The zero-order valence-corrected chi connectivity index (χ0v) is 77.9. The largest absolute Gasteiger partial charge is 0.309 e. The van der Waals surface area contributed by atoms with Crippen molar-refractivity contribution in [2.24, 2.45) is 0 Å². The molecule has 0 spiro atoms. The Morgan fingerprint density at radius 3 is 0.787 bits per heavy atom. The standard InChI is InChI=1S/C46H28N4S.2C40H24N4S/c1-6-22-38-33(17-1)34-18-2-7-23-39(34)49(38)31-15-11-13-29(27-31)43-45-44(37-21-5-10-26-42(37)51-45)48-46(47-43)30-14-12-16-32(28-30)50-40-24-8-3-19-35(40)36-20-4-9-25-41(36)50;1-2-12-26(13-3-1)43-32-18-8-6-16-29(32)31-24-25(22-23-35(31)43)37-39-38(30-17-7-11-21-36(30)45-39)42-40(41-37)44-33-19-9-4-14-27(33)28-15-5-10-20-34(28)44;1-2-12-26(13-3-1)43-32-18-8-4-16-29(32)30-23-22-25(24-35(30)43)37-39-38(31-17-7-11-21-36(31)45-39)42-40(41-37)44-33-19-9-5-14-27(33)28-15-6-10-20-34(28)44/h1-28H;2*1-24H. The average molecular weight is 1850 g/mol. The Kier molecular flexibility index (Phi) is 18.4. The molecule has 31 aromatic rings. The van der Waals surface area contributed by atoms with Crippen LogP contribution >= 0.6 is 34.0 Å². The lowest BCUT2D eigenvalue weighted by Gasteiger charge is -2.12. The van der Waals surface area contributed by atoms with Gasteiger partial charge in [-0.15, -0.1) is 34.0 Å². The average Bonchev–Trinajstić information content (AvgIpc) is 1.58. The van der Waals surface area contributed by atoms with Crippen LogP contribution in [0.4, 0.5) is 0 Å². The SMILES string of the molecule is c1cc(-c2nc(-c3cccc(-n4c5ccccc5c5ccccc54)c3)c3sc4ccccc4c3n2)cc(-n2c3ccccc3c3ccccc32)c1.c1ccc(-n2c3ccccc3c3cc(-c4nc(-n5c6ccccc6c6ccccc65)nc5c4sc4ccccc45)ccc32)cc1.c1ccc(-n2c3ccccc3c3ccc(-c4nc(-n5c6ccccc6c6ccccc65)nc5c4sc4ccccc45)cc32)cc1. The maximum Gasteiger partial charge on any atom is 0.235 e. The van der Waals surface area contributed by atoms with Gasteiger partial charge in [-0.2, -0.15) is 0 Å². The molecule has 141 heavy (non-hydrogen) atoms. The predicted molar refractivity (Wildman–Crippen MR) is 593 cm³/mol. The first kappa shape index (κ1) is 80.2. The number of nitrogens with zero attached hydrogens (tertiary/aromatic N) is 12. The summed E-state index contributed by atoms with van der Waals surface area (Å²) in [6.07, 6.45) is 0. The molecule has 0 saturated heterocycles. The minimum atomic E-state index is 0.683. The van der Waals surface area contributed by atoms with E-state index < -0.39 is 0 Å². The van der Waals surface area contributed by atoms with E-state index in [0.29, 0.717) is 17.7 Å². The van der Waals surface area contributed by atoms with Gasteiger partial charge in [0.2, 0.25) is 11.9 Å². The highest BCUT2D eigenvalue weighted by atomic mass is 32.1. The molecule has 658 valence electrons. The first-order valence-corrected chi connectivity index (χ1v) is 49.8. The smallest absolute Gasteiger partial charge is 0.235 e. The summed E-state index contributed by atoms with van der Waals surface area (Å²) in [7, 11) is 0. The van der Waals surface area contributed by atoms with Gasteiger partial charge in [0.15, 0.2) is 5.82 Å². The van der Waals surface area contributed by atoms with E-state index in [0.717, 1.165) is 136 Å². The van der Waals surface area contributed by atoms with Crippen molar-refractivity contribution in [2.45, 2.75) is 0 Å². The molecule has 0 unspecified atom stereocenters. The van der Waals surface area contributed by atoms with Crippen LogP contribution in [0.2, 0.25) is 0 Å². The molecule has 0 bridgehead atoms. The fourth-order valence-corrected chi connectivity index (χ4v) is 25.3. The van der Waals surface area contributed by atoms with E-state index in [9.17, 15) is 0 Å². The normalized spacial score (nSPS) is 12.0. The van der Waals surface area contributed by atoms with Gasteiger partial charge in [-0.3, -0.25) is 9.13 Å². The summed E-state index contributed by atoms with van der Waals surface area (Å²) in [4.78, 5) is 32.2. The number of thiophene rings is 3. The molecular formula is C126H76N12S3. The van der Waals surface area contributed by atoms with Gasteiger partial charge >= 0.3 is 0 Å². The van der Waals surface area contributed by atoms with E-state index in [1.807, 2.05) is 0 Å². The van der Waals surface area contributed by atoms with Gasteiger partial charge in [0.1, 0.15) is 0 Å². The second-order valence-corrected chi connectivity index (χ2v) is 39.0. The highest BCUT2D eigenvalue weighted by Gasteiger charge is 2.28. The summed E-state index contributed by atoms with van der Waals surface area (Å²) >= 11 is 5.30. The quantitative estimate of drug-likeness (QED) is 0.135. The summed E-state index contributed by atoms with van der Waals surface area (Å²) in [5, 5.41) is 18.1. The van der Waals surface area contributed by atoms with Crippen molar-refractivity contribution in [3.05, 3.63) is 461 Å². The van der Waals surface area contributed by atoms with Crippen LogP contribution in [0.25, 0.3) is 272 Å². The number of fused-ring (bicyclic) bond motifs is 27. The molecule has 15 heteroatoms. The number of benzene rings is 19. The molecule has 0 aliphatic heterocycles. The summed E-state index contributed by atoms with van der Waals surface area (Å²) < 4.78 is 20.8. The van der Waals surface area contributed by atoms with Crippen LogP contribution in [0.1, 0.15) is 0 Å². The minimum absolute atomic E-state index is 0.683. The van der Waals surface area contributed by atoms with Crippen LogP contribution < -0.4 is 0 Å². The zero-order valence-electron chi connectivity index (χ0n) is 75.5. The molecule has 0 aliphatic carbocycles. The third kappa shape index (κ3) is 12.7. The number of hydrogen-bond donors (Lipinski definition) is 0. The topological polar surface area (TPSA) is 107 Å². The third-order valence-electron chi connectivity index (χ3n) is 28.0. The van der Waals surface area contributed by atoms with Crippen LogP contribution in [-0.4, -0.2) is 57.3 Å². The van der Waals surface area contributed by atoms with Crippen molar-refractivity contribution in [2.75, 3.05) is 0 Å². The molecule has 0 radical (unpaired) electrons. The lowest BCUT2D eigenvalue weighted by molar-refractivity contribution is 1.02. The Labute approximate surface area is 817 Å². The van der Waals surface area contributed by atoms with E-state index in [2.05, 4.69) is 488 Å². The molecule has 0 saturated carbocycles. The van der Waals surface area contributed by atoms with Crippen molar-refractivity contribution in [1.29, 1.82) is 0 Å². The van der Waals surface area contributed by atoms with Crippen LogP contribution in [0.5, 0.6) is 0 Å². The van der Waals surface area contributed by atoms with Gasteiger partial charge in [0, 0.05) is 140 Å². The van der Waals surface area contributed by atoms with Crippen molar-refractivity contribution < 1.29 is 0 Å². The summed E-state index contributed by atoms with van der Waals surface area (Å²) in [6, 6.07) is 164. The summed E-state index contributed by atoms with van der Waals surface area (Å²) in [5.74, 6) is 2.08. The van der Waals surface area contributed by atoms with Gasteiger partial charge in [0.25, 0.3) is 0 Å². The number of rotatable bonds is 10. The van der Waals surface area contributed by atoms with Gasteiger partial charge in [-0.05, 0) is 146 Å². The van der Waals surface area contributed by atoms with Crippen LogP contribution in [-0.2, 0) is 0 Å². The maximum atomic E-state index is 5.43. The fourth-order valence-electron chi connectivity index (χ4n) is 21.9. The van der Waals surface area contributed by atoms with Crippen molar-refractivity contribution in [1.82, 2.24) is 57.3 Å². The predicted octanol–water partition coefficient (Wildman–Crippen LogP) is 33.8. The molecule has 12 aromatic heterocycles. The molecule has 0 amide bonds. The van der Waals surface area contributed by atoms with Gasteiger partial charge in [-0.1, -0.05) is 315 Å². The van der Waals surface area contributed by atoms with Gasteiger partial charge in [0.05, 0.1) is 114 Å². The molecule has 0 fully saturated rings. The molecule has 12 nitrogen and oxygen atoms in total. The van der Waals surface area contributed by atoms with Gasteiger partial charge in [-0.25, -0.2) is 29.9 Å². The summed E-state index contributed by atoms with van der Waals surface area (Å²) in [5.41, 5.74) is 28.3. The number of hydrogen-bond acceptors (Lipinski definition) is 9. The third-order valence-corrected chi connectivity index (χ3v) is 31.5. The Morgan fingerprint density at radius 1 is 0.149 bits per heavy atom. The highest BCUT2D eigenvalue weighted by Crippen LogP contribution is 2.48. The number of aromatic nitrogens is 12. The Balaban J connectivity index is 0.000000102. The molecule has 0 aliphatic rings. The monoisotopic (exact) mass is 1850 g/mol. The first-order chi connectivity index (χ1) is 70.0. The summed E-state index contributed by atoms with van der Waals surface area (Å²) in [6.45, 7) is 0. The lowest BCUT2D eigenvalue weighted by atomic mass is 10.1. The highest BCUT2D eigenvalue weighted by molar-refractivity contribution is 7.27. The Hall–Kier alpha value is -18.1. The van der Waals surface area contributed by atoms with Crippen molar-refractivity contribution in [3.63, 3.8) is 0 Å². The number of para-hydroxylation sites is 12. The Morgan fingerprint density at radius 2 is 0.404 bits per heavy atom. The molecular weight excluding hydrogens is 1780 g/mol. The lowest BCUT2D eigenvalue weighted by Crippen LogP contribution is -2.02. The van der Waals surface area contributed by atoms with E-state index in [1.165, 1.54) is 117 Å². The minimum Gasteiger partial charge on any atom is -0.309 e. The molecule has 31 rings (SSSR count). The fraction of sp³-hybridized carbons (Fsp3) is 0. The van der Waals surface area contributed by atoms with Crippen LogP contribution in [0.3, 0.4) is 0 Å². The van der Waals surface area contributed by atoms with Crippen molar-refractivity contribution in [3.8, 4) is 79.8 Å². The van der Waals surface area contributed by atoms with Crippen LogP contribution in [0, 0.1) is 0 Å². The first-order valence-electron chi connectivity index (χ1n) is 47.4. The second kappa shape index (κ2) is 32.3. The maximum absolute atomic E-state index is 5.43. The van der Waals surface area contributed by atoms with Crippen molar-refractivity contribution >= 4 is 226 Å². The Bertz CT molecular complexity index is 10400. The van der Waals surface area contributed by atoms with E-state index in [4.69, 9.17) is 29.9 Å². The van der Waals surface area contributed by atoms with E-state index in [1.54, 1.807) is 34.0 Å². The van der Waals surface area contributed by atoms with Gasteiger partial charge < -0.3 is 18.3 Å². The zero-order chi connectivity index (χ0) is 92.4. The molecule has 19 aromatic carbocycles. The van der Waals surface area contributed by atoms with Crippen LogP contribution in [0.15, 0.2) is 461 Å². The molecule has 0 atom stereocenters. The molecule has 12 heterocycles. The van der Waals surface area contributed by atoms with E-state index >= 15 is 0 Å².